The number of aromatic nitrogens is 2. The van der Waals surface area contributed by atoms with E-state index in [1.54, 1.807) is 23.6 Å². The first-order valence-corrected chi connectivity index (χ1v) is 8.26. The third kappa shape index (κ3) is 2.75. The van der Waals surface area contributed by atoms with Gasteiger partial charge >= 0.3 is 0 Å². The highest BCUT2D eigenvalue weighted by molar-refractivity contribution is 8.00. The van der Waals surface area contributed by atoms with Crippen molar-refractivity contribution in [3.63, 3.8) is 0 Å². The molecule has 1 aliphatic rings. The molecule has 5 nitrogen and oxygen atoms in total. The van der Waals surface area contributed by atoms with Crippen molar-refractivity contribution in [2.45, 2.75) is 36.2 Å². The predicted molar refractivity (Wildman–Crippen MR) is 88.3 cm³/mol. The maximum Gasteiger partial charge on any atom is 0.262 e. The van der Waals surface area contributed by atoms with Gasteiger partial charge in [0.1, 0.15) is 0 Å². The van der Waals surface area contributed by atoms with Crippen molar-refractivity contribution < 1.29 is 4.79 Å². The Labute approximate surface area is 133 Å². The molecule has 0 N–H and O–H groups in total. The number of fused-ring (bicyclic) bond motifs is 1. The Hall–Kier alpha value is -1.82. The summed E-state index contributed by atoms with van der Waals surface area (Å²) in [5.74, 6) is 0.0229. The van der Waals surface area contributed by atoms with Crippen LogP contribution < -0.4 is 5.56 Å². The second kappa shape index (κ2) is 5.76. The Morgan fingerprint density at radius 1 is 1.36 bits per heavy atom. The Morgan fingerprint density at radius 3 is 2.68 bits per heavy atom. The van der Waals surface area contributed by atoms with Crippen LogP contribution in [0, 0.1) is 0 Å². The lowest BCUT2D eigenvalue weighted by atomic mass is 10.2. The first-order chi connectivity index (χ1) is 10.5. The normalized spacial score (nSPS) is 15.8. The molecule has 1 aliphatic carbocycles. The van der Waals surface area contributed by atoms with Crippen LogP contribution in [0.3, 0.4) is 0 Å². The zero-order chi connectivity index (χ0) is 15.9. The van der Waals surface area contributed by atoms with E-state index >= 15 is 0 Å². The van der Waals surface area contributed by atoms with Crippen LogP contribution in [0.25, 0.3) is 10.9 Å². The van der Waals surface area contributed by atoms with Crippen LogP contribution >= 0.6 is 11.8 Å². The molecule has 22 heavy (non-hydrogen) atoms. The van der Waals surface area contributed by atoms with Gasteiger partial charge in [0.2, 0.25) is 5.91 Å². The van der Waals surface area contributed by atoms with Gasteiger partial charge in [0.15, 0.2) is 5.16 Å². The maximum atomic E-state index is 12.7. The van der Waals surface area contributed by atoms with Crippen LogP contribution in [-0.4, -0.2) is 39.7 Å². The van der Waals surface area contributed by atoms with Gasteiger partial charge in [-0.15, -0.1) is 0 Å². The van der Waals surface area contributed by atoms with E-state index < -0.39 is 0 Å². The number of hydrogen-bond donors (Lipinski definition) is 0. The Kier molecular flexibility index (Phi) is 3.95. The molecule has 1 aromatic heterocycles. The average Bonchev–Trinajstić information content (AvgIpc) is 3.31. The first kappa shape index (κ1) is 15.1. The van der Waals surface area contributed by atoms with Gasteiger partial charge in [0.05, 0.1) is 16.2 Å². The summed E-state index contributed by atoms with van der Waals surface area (Å²) in [5, 5.41) is 1.02. The summed E-state index contributed by atoms with van der Waals surface area (Å²) in [6.07, 6.45) is 2.01. The van der Waals surface area contributed by atoms with Gasteiger partial charge in [-0.2, -0.15) is 0 Å². The predicted octanol–water partition coefficient (Wildman–Crippen LogP) is 2.30. The molecule has 0 spiro atoms. The van der Waals surface area contributed by atoms with Crippen LogP contribution in [0.5, 0.6) is 0 Å². The van der Waals surface area contributed by atoms with E-state index in [0.29, 0.717) is 16.1 Å². The fraction of sp³-hybridized carbons (Fsp3) is 0.438. The van der Waals surface area contributed by atoms with Crippen LogP contribution in [0.15, 0.2) is 34.2 Å². The number of hydrogen-bond acceptors (Lipinski definition) is 4. The van der Waals surface area contributed by atoms with E-state index in [1.807, 2.05) is 31.2 Å². The number of nitrogens with zero attached hydrogens (tertiary/aromatic N) is 3. The smallest absolute Gasteiger partial charge is 0.262 e. The highest BCUT2D eigenvalue weighted by atomic mass is 32.2. The van der Waals surface area contributed by atoms with Crippen LogP contribution in [-0.2, 0) is 4.79 Å². The summed E-state index contributed by atoms with van der Waals surface area (Å²) in [7, 11) is 3.47. The topological polar surface area (TPSA) is 55.2 Å². The highest BCUT2D eigenvalue weighted by Crippen LogP contribution is 2.37. The summed E-state index contributed by atoms with van der Waals surface area (Å²) in [6, 6.07) is 7.61. The summed E-state index contributed by atoms with van der Waals surface area (Å²) < 4.78 is 1.77. The van der Waals surface area contributed by atoms with Crippen molar-refractivity contribution in [2.75, 3.05) is 14.1 Å². The van der Waals surface area contributed by atoms with Gasteiger partial charge in [-0.25, -0.2) is 4.98 Å². The number of carbonyl (C=O) groups excluding carboxylic acids is 1. The second-order valence-corrected chi connectivity index (χ2v) is 7.12. The Balaban J connectivity index is 2.06. The van der Waals surface area contributed by atoms with Gasteiger partial charge in [0.25, 0.3) is 5.56 Å². The van der Waals surface area contributed by atoms with Crippen molar-refractivity contribution in [3.8, 4) is 0 Å². The zero-order valence-electron chi connectivity index (χ0n) is 12.9. The summed E-state index contributed by atoms with van der Waals surface area (Å²) in [4.78, 5) is 31.0. The molecule has 1 atom stereocenters. The molecule has 1 unspecified atom stereocenters. The number of para-hydroxylation sites is 1. The highest BCUT2D eigenvalue weighted by Gasteiger charge is 2.30. The molecule has 0 saturated heterocycles. The van der Waals surface area contributed by atoms with Crippen LogP contribution in [0.1, 0.15) is 25.8 Å². The third-order valence-electron chi connectivity index (χ3n) is 3.76. The molecule has 1 aromatic carbocycles. The molecule has 0 radical (unpaired) electrons. The SMILES string of the molecule is CC(Sc1nc2ccccc2c(=O)n1C1CC1)C(=O)N(C)C. The molecule has 0 aliphatic heterocycles. The molecule has 1 fully saturated rings. The Morgan fingerprint density at radius 2 is 2.05 bits per heavy atom. The van der Waals surface area contributed by atoms with Crippen molar-refractivity contribution in [3.05, 3.63) is 34.6 Å². The van der Waals surface area contributed by atoms with E-state index in [1.165, 1.54) is 11.8 Å². The molecule has 1 saturated carbocycles. The van der Waals surface area contributed by atoms with Gasteiger partial charge in [-0.05, 0) is 31.9 Å². The fourth-order valence-electron chi connectivity index (χ4n) is 2.44. The largest absolute Gasteiger partial charge is 0.348 e. The van der Waals surface area contributed by atoms with Crippen molar-refractivity contribution >= 4 is 28.6 Å². The molecule has 3 rings (SSSR count). The van der Waals surface area contributed by atoms with Crippen molar-refractivity contribution in [2.24, 2.45) is 0 Å². The maximum absolute atomic E-state index is 12.7. The van der Waals surface area contributed by atoms with E-state index in [9.17, 15) is 9.59 Å². The summed E-state index contributed by atoms with van der Waals surface area (Å²) in [6.45, 7) is 1.85. The molecular formula is C16H19N3O2S. The summed E-state index contributed by atoms with van der Waals surface area (Å²) in [5.41, 5.74) is 0.691. The lowest BCUT2D eigenvalue weighted by Crippen LogP contribution is -2.31. The molecule has 1 heterocycles. The zero-order valence-corrected chi connectivity index (χ0v) is 13.8. The molecule has 6 heteroatoms. The van der Waals surface area contributed by atoms with Gasteiger partial charge in [-0.1, -0.05) is 23.9 Å². The number of rotatable bonds is 4. The van der Waals surface area contributed by atoms with Gasteiger partial charge in [0, 0.05) is 20.1 Å². The molecule has 2 aromatic rings. The fourth-order valence-corrected chi connectivity index (χ4v) is 3.56. The number of amides is 1. The molecule has 116 valence electrons. The first-order valence-electron chi connectivity index (χ1n) is 7.38. The standard InChI is InChI=1S/C16H19N3O2S/c1-10(14(20)18(2)3)22-16-17-13-7-5-4-6-12(13)15(21)19(16)11-8-9-11/h4-7,10-11H,8-9H2,1-3H3. The molecule has 1 amide bonds. The monoisotopic (exact) mass is 317 g/mol. The number of thioether (sulfide) groups is 1. The van der Waals surface area contributed by atoms with E-state index in [0.717, 1.165) is 12.8 Å². The van der Waals surface area contributed by atoms with Gasteiger partial charge in [-0.3, -0.25) is 14.2 Å². The van der Waals surface area contributed by atoms with Crippen molar-refractivity contribution in [1.29, 1.82) is 0 Å². The van der Waals surface area contributed by atoms with Crippen molar-refractivity contribution in [1.82, 2.24) is 14.5 Å². The number of benzene rings is 1. The second-order valence-electron chi connectivity index (χ2n) is 5.81. The Bertz CT molecular complexity index is 781. The number of carbonyl (C=O) groups is 1. The van der Waals surface area contributed by atoms with Crippen LogP contribution in [0.2, 0.25) is 0 Å². The summed E-state index contributed by atoms with van der Waals surface area (Å²) >= 11 is 1.36. The molecule has 0 bridgehead atoms. The minimum absolute atomic E-state index is 0.0000945. The van der Waals surface area contributed by atoms with E-state index in [2.05, 4.69) is 4.98 Å². The minimum Gasteiger partial charge on any atom is -0.348 e. The molecular weight excluding hydrogens is 298 g/mol. The van der Waals surface area contributed by atoms with E-state index in [-0.39, 0.29) is 22.8 Å². The van der Waals surface area contributed by atoms with E-state index in [4.69, 9.17) is 0 Å². The average molecular weight is 317 g/mol. The van der Waals surface area contributed by atoms with Gasteiger partial charge < -0.3 is 4.90 Å². The lowest BCUT2D eigenvalue weighted by molar-refractivity contribution is -0.127. The van der Waals surface area contributed by atoms with Crippen LogP contribution in [0.4, 0.5) is 0 Å². The third-order valence-corrected chi connectivity index (χ3v) is 4.81. The lowest BCUT2D eigenvalue weighted by Gasteiger charge is -2.18. The minimum atomic E-state index is -0.270. The quantitative estimate of drug-likeness (QED) is 0.641.